The molecule has 0 spiro atoms. The van der Waals surface area contributed by atoms with E-state index >= 15 is 0 Å². The molecule has 0 atom stereocenters. The second-order valence-corrected chi connectivity index (χ2v) is 1.77. The summed E-state index contributed by atoms with van der Waals surface area (Å²) in [7, 11) is 1.00. The molecule has 0 amide bonds. The van der Waals surface area contributed by atoms with Crippen LogP contribution < -0.4 is 0 Å². The Bertz CT molecular complexity index is 158. The summed E-state index contributed by atoms with van der Waals surface area (Å²) in [6.07, 6.45) is 0. The van der Waals surface area contributed by atoms with Crippen LogP contribution in [0.2, 0.25) is 0 Å². The first kappa shape index (κ1) is 18.3. The van der Waals surface area contributed by atoms with Gasteiger partial charge in [0.05, 0.1) is 0 Å². The number of thiol groups is 1. The first-order valence-electron chi connectivity index (χ1n) is 2.78. The standard InChI is InChI=1S/C6H5S.CH4O.CH2O.Sm/c7-6-4-2-1-3-5-6;2*1-2;/h2-5,7H;2H,1H3;1H2;/q-1;;;. The van der Waals surface area contributed by atoms with Gasteiger partial charge in [-0.1, -0.05) is 0 Å². The maximum Gasteiger partial charge on any atom is 0.106 e. The average molecular weight is 322 g/mol. The van der Waals surface area contributed by atoms with Crippen molar-refractivity contribution in [3.63, 3.8) is 0 Å². The molecule has 0 saturated carbocycles. The molecule has 1 rings (SSSR count). The minimum atomic E-state index is 0. The first-order valence-corrected chi connectivity index (χ1v) is 3.23. The monoisotopic (exact) mass is 323 g/mol. The predicted octanol–water partition coefficient (Wildman–Crippen LogP) is 1.20. The van der Waals surface area contributed by atoms with Gasteiger partial charge >= 0.3 is 0 Å². The first-order chi connectivity index (χ1) is 5.39. The molecule has 0 aliphatic heterocycles. The molecule has 12 heavy (non-hydrogen) atoms. The van der Waals surface area contributed by atoms with Gasteiger partial charge in [0.1, 0.15) is 6.79 Å². The SMILES string of the molecule is C=O.CO.Sc1cc[c-]cc1.[Sm]. The summed E-state index contributed by atoms with van der Waals surface area (Å²) in [5.41, 5.74) is 0. The fourth-order valence-electron chi connectivity index (χ4n) is 0.378. The van der Waals surface area contributed by atoms with Crippen LogP contribution in [0.25, 0.3) is 0 Å². The van der Waals surface area contributed by atoms with Crippen molar-refractivity contribution in [2.24, 2.45) is 0 Å². The summed E-state index contributed by atoms with van der Waals surface area (Å²) in [4.78, 5) is 8.98. The van der Waals surface area contributed by atoms with Crippen molar-refractivity contribution >= 4 is 19.4 Å². The molecule has 4 heteroatoms. The van der Waals surface area contributed by atoms with Gasteiger partial charge in [-0.15, -0.1) is 4.90 Å². The number of carbonyl (C=O) groups is 1. The number of benzene rings is 1. The van der Waals surface area contributed by atoms with Crippen LogP contribution in [-0.2, 0) is 4.79 Å². The van der Waals surface area contributed by atoms with E-state index in [1.54, 1.807) is 0 Å². The third-order valence-electron chi connectivity index (χ3n) is 0.701. The minimum Gasteiger partial charge on any atom is -0.400 e. The summed E-state index contributed by atoms with van der Waals surface area (Å²) in [5.74, 6) is 0. The number of aliphatic hydroxyl groups excluding tert-OH is 1. The summed E-state index contributed by atoms with van der Waals surface area (Å²) in [5, 5.41) is 7.00. The molecule has 0 bridgehead atoms. The van der Waals surface area contributed by atoms with E-state index in [2.05, 4.69) is 18.7 Å². The van der Waals surface area contributed by atoms with Gasteiger partial charge < -0.3 is 9.90 Å². The topological polar surface area (TPSA) is 37.3 Å². The molecule has 68 valence electrons. The summed E-state index contributed by atoms with van der Waals surface area (Å²) >= 11 is 4.06. The van der Waals surface area contributed by atoms with Crippen molar-refractivity contribution in [2.75, 3.05) is 7.11 Å². The fourth-order valence-corrected chi connectivity index (χ4v) is 0.527. The van der Waals surface area contributed by atoms with Crippen molar-refractivity contribution in [3.8, 4) is 0 Å². The van der Waals surface area contributed by atoms with Crippen molar-refractivity contribution < 1.29 is 50.3 Å². The quantitative estimate of drug-likeness (QED) is 0.556. The van der Waals surface area contributed by atoms with Gasteiger partial charge in [-0.25, -0.2) is 0 Å². The molecule has 1 N–H and O–H groups in total. The van der Waals surface area contributed by atoms with E-state index < -0.39 is 0 Å². The predicted molar refractivity (Wildman–Crippen MR) is 47.8 cm³/mol. The van der Waals surface area contributed by atoms with E-state index in [4.69, 9.17) is 9.90 Å². The number of aliphatic hydroxyl groups is 1. The minimum absolute atomic E-state index is 0. The van der Waals surface area contributed by atoms with Crippen LogP contribution in [0.5, 0.6) is 0 Å². The van der Waals surface area contributed by atoms with E-state index in [0.29, 0.717) is 0 Å². The number of rotatable bonds is 0. The molecule has 0 fully saturated rings. The Kier molecular flexibility index (Phi) is 26.9. The number of hydrogen-bond acceptors (Lipinski definition) is 3. The molecule has 0 saturated heterocycles. The Hall–Kier alpha value is 0.538. The summed E-state index contributed by atoms with van der Waals surface area (Å²) < 4.78 is 0. The molecule has 0 unspecified atom stereocenters. The van der Waals surface area contributed by atoms with E-state index in [9.17, 15) is 0 Å². The second kappa shape index (κ2) is 17.6. The van der Waals surface area contributed by atoms with Crippen LogP contribution in [0.3, 0.4) is 0 Å². The molecule has 1 aromatic carbocycles. The van der Waals surface area contributed by atoms with E-state index in [0.717, 1.165) is 12.0 Å². The third-order valence-corrected chi connectivity index (χ3v) is 0.999. The van der Waals surface area contributed by atoms with Crippen molar-refractivity contribution in [1.82, 2.24) is 0 Å². The average Bonchev–Trinajstić information content (AvgIpc) is 2.13. The Morgan fingerprint density at radius 1 is 1.33 bits per heavy atom. The Morgan fingerprint density at radius 3 is 1.83 bits per heavy atom. The van der Waals surface area contributed by atoms with Gasteiger partial charge in [-0.2, -0.15) is 43.0 Å². The van der Waals surface area contributed by atoms with E-state index in [1.807, 2.05) is 31.1 Å². The van der Waals surface area contributed by atoms with Crippen LogP contribution in [0, 0.1) is 46.5 Å². The Labute approximate surface area is 111 Å². The van der Waals surface area contributed by atoms with Crippen molar-refractivity contribution in [2.45, 2.75) is 4.90 Å². The number of hydrogen-bond donors (Lipinski definition) is 2. The van der Waals surface area contributed by atoms with Crippen molar-refractivity contribution in [3.05, 3.63) is 30.3 Å². The van der Waals surface area contributed by atoms with Gasteiger partial charge in [0.15, 0.2) is 0 Å². The Balaban J connectivity index is -0.000000144. The molecular weight excluding hydrogens is 311 g/mol. The third kappa shape index (κ3) is 13.2. The molecular formula is C8H11O2SSm-. The molecule has 0 radical (unpaired) electrons. The summed E-state index contributed by atoms with van der Waals surface area (Å²) in [6, 6.07) is 10.3. The van der Waals surface area contributed by atoms with Crippen LogP contribution in [-0.4, -0.2) is 19.0 Å². The molecule has 0 aromatic heterocycles. The van der Waals surface area contributed by atoms with E-state index in [1.165, 1.54) is 0 Å². The zero-order chi connectivity index (χ0) is 9.11. The smallest absolute Gasteiger partial charge is 0.106 e. The van der Waals surface area contributed by atoms with Gasteiger partial charge in [0, 0.05) is 47.5 Å². The molecule has 0 heterocycles. The van der Waals surface area contributed by atoms with Gasteiger partial charge in [0.2, 0.25) is 0 Å². The molecule has 1 aromatic rings. The van der Waals surface area contributed by atoms with Crippen molar-refractivity contribution in [1.29, 1.82) is 0 Å². The maximum atomic E-state index is 8.00. The summed E-state index contributed by atoms with van der Waals surface area (Å²) in [6.45, 7) is 2.00. The van der Waals surface area contributed by atoms with Gasteiger partial charge in [0.25, 0.3) is 0 Å². The van der Waals surface area contributed by atoms with E-state index in [-0.39, 0.29) is 40.4 Å². The molecule has 2 nitrogen and oxygen atoms in total. The molecule has 0 aliphatic carbocycles. The van der Waals surface area contributed by atoms with Gasteiger partial charge in [-0.3, -0.25) is 0 Å². The largest absolute Gasteiger partial charge is 0.400 e. The maximum absolute atomic E-state index is 8.00. The van der Waals surface area contributed by atoms with Crippen LogP contribution in [0.1, 0.15) is 0 Å². The van der Waals surface area contributed by atoms with Crippen LogP contribution in [0.15, 0.2) is 29.2 Å². The Morgan fingerprint density at radius 2 is 1.67 bits per heavy atom. The van der Waals surface area contributed by atoms with Gasteiger partial charge in [-0.05, 0) is 0 Å². The van der Waals surface area contributed by atoms with Crippen LogP contribution in [0.4, 0.5) is 0 Å². The fraction of sp³-hybridized carbons (Fsp3) is 0.125. The zero-order valence-corrected chi connectivity index (χ0v) is 10.2. The normalized spacial score (nSPS) is 5.92. The van der Waals surface area contributed by atoms with Crippen LogP contribution >= 0.6 is 12.6 Å². The second-order valence-electron chi connectivity index (χ2n) is 1.26. The number of carbonyl (C=O) groups excluding carboxylic acids is 1. The zero-order valence-electron chi connectivity index (χ0n) is 6.73. The molecule has 0 aliphatic rings.